The predicted octanol–water partition coefficient (Wildman–Crippen LogP) is 0.158. The van der Waals surface area contributed by atoms with Gasteiger partial charge < -0.3 is 15.6 Å². The quantitative estimate of drug-likeness (QED) is 0.743. The van der Waals surface area contributed by atoms with E-state index in [1.165, 1.54) is 17.9 Å². The van der Waals surface area contributed by atoms with Crippen molar-refractivity contribution in [3.05, 3.63) is 12.2 Å². The first-order valence-electron chi connectivity index (χ1n) is 3.93. The SMILES string of the molecule is Nc1nsc(NCCc2ncon2)n1. The molecule has 0 radical (unpaired) electrons. The van der Waals surface area contributed by atoms with Crippen molar-refractivity contribution in [3.8, 4) is 0 Å². The molecule has 3 N–H and O–H groups in total. The third-order valence-corrected chi connectivity index (χ3v) is 2.16. The van der Waals surface area contributed by atoms with Crippen LogP contribution in [-0.4, -0.2) is 26.0 Å². The largest absolute Gasteiger partial charge is 0.367 e. The fourth-order valence-corrected chi connectivity index (χ4v) is 1.41. The van der Waals surface area contributed by atoms with Crippen LogP contribution in [0.1, 0.15) is 5.82 Å². The van der Waals surface area contributed by atoms with Crippen LogP contribution in [0, 0.1) is 0 Å². The Bertz CT molecular complexity index is 385. The van der Waals surface area contributed by atoms with Gasteiger partial charge in [0, 0.05) is 24.5 Å². The Labute approximate surface area is 83.5 Å². The molecule has 0 unspecified atom stereocenters. The Balaban J connectivity index is 1.78. The molecule has 2 aromatic heterocycles. The van der Waals surface area contributed by atoms with E-state index >= 15 is 0 Å². The molecule has 2 aromatic rings. The van der Waals surface area contributed by atoms with E-state index in [-0.39, 0.29) is 5.95 Å². The molecule has 14 heavy (non-hydrogen) atoms. The van der Waals surface area contributed by atoms with Gasteiger partial charge in [0.15, 0.2) is 5.82 Å². The van der Waals surface area contributed by atoms with Gasteiger partial charge in [-0.1, -0.05) is 5.16 Å². The van der Waals surface area contributed by atoms with Crippen molar-refractivity contribution in [1.82, 2.24) is 19.5 Å². The van der Waals surface area contributed by atoms with E-state index in [2.05, 4.69) is 29.3 Å². The second-order valence-corrected chi connectivity index (χ2v) is 3.23. The highest BCUT2D eigenvalue weighted by molar-refractivity contribution is 7.09. The number of anilines is 2. The minimum atomic E-state index is 0.289. The summed E-state index contributed by atoms with van der Waals surface area (Å²) in [6, 6.07) is 0. The topological polar surface area (TPSA) is 103 Å². The van der Waals surface area contributed by atoms with Gasteiger partial charge in [0.2, 0.25) is 17.5 Å². The van der Waals surface area contributed by atoms with Crippen molar-refractivity contribution in [1.29, 1.82) is 0 Å². The molecule has 0 spiro atoms. The van der Waals surface area contributed by atoms with Gasteiger partial charge in [0.05, 0.1) is 0 Å². The standard InChI is InChI=1S/C6H8N6OS/c7-5-10-6(14-12-5)8-2-1-4-9-3-13-11-4/h3H,1-2H2,(H3,7,8,10,12). The molecule has 0 aromatic carbocycles. The first kappa shape index (κ1) is 8.88. The molecule has 0 aliphatic carbocycles. The number of rotatable bonds is 4. The molecule has 0 aliphatic heterocycles. The lowest BCUT2D eigenvalue weighted by molar-refractivity contribution is 0.410. The summed E-state index contributed by atoms with van der Waals surface area (Å²) in [6.07, 6.45) is 1.98. The Morgan fingerprint density at radius 1 is 1.57 bits per heavy atom. The molecule has 8 heteroatoms. The molecule has 2 rings (SSSR count). The van der Waals surface area contributed by atoms with E-state index in [0.29, 0.717) is 23.9 Å². The molecule has 0 atom stereocenters. The van der Waals surface area contributed by atoms with Crippen LogP contribution < -0.4 is 11.1 Å². The number of nitrogens with one attached hydrogen (secondary N) is 1. The first-order chi connectivity index (χ1) is 6.84. The molecular formula is C6H8N6OS. The maximum absolute atomic E-state index is 5.35. The molecule has 0 saturated heterocycles. The number of nitrogen functional groups attached to an aromatic ring is 1. The van der Waals surface area contributed by atoms with Crippen molar-refractivity contribution in [2.45, 2.75) is 6.42 Å². The van der Waals surface area contributed by atoms with Crippen LogP contribution in [0.4, 0.5) is 11.1 Å². The van der Waals surface area contributed by atoms with E-state index in [1.54, 1.807) is 0 Å². The van der Waals surface area contributed by atoms with E-state index < -0.39 is 0 Å². The zero-order valence-corrected chi connectivity index (χ0v) is 7.99. The summed E-state index contributed by atoms with van der Waals surface area (Å²) < 4.78 is 8.42. The zero-order chi connectivity index (χ0) is 9.80. The summed E-state index contributed by atoms with van der Waals surface area (Å²) in [7, 11) is 0. The van der Waals surface area contributed by atoms with Crippen LogP contribution in [-0.2, 0) is 6.42 Å². The van der Waals surface area contributed by atoms with Crippen LogP contribution in [0.25, 0.3) is 0 Å². The fraction of sp³-hybridized carbons (Fsp3) is 0.333. The van der Waals surface area contributed by atoms with Gasteiger partial charge in [-0.25, -0.2) is 0 Å². The van der Waals surface area contributed by atoms with Crippen molar-refractivity contribution in [2.75, 3.05) is 17.6 Å². The average Bonchev–Trinajstić information content (AvgIpc) is 2.77. The molecule has 7 nitrogen and oxygen atoms in total. The molecule has 0 saturated carbocycles. The molecular weight excluding hydrogens is 204 g/mol. The lowest BCUT2D eigenvalue weighted by atomic mass is 10.4. The van der Waals surface area contributed by atoms with Gasteiger partial charge in [-0.05, 0) is 0 Å². The van der Waals surface area contributed by atoms with Crippen LogP contribution in [0.15, 0.2) is 10.9 Å². The summed E-state index contributed by atoms with van der Waals surface area (Å²) in [5, 5.41) is 7.42. The van der Waals surface area contributed by atoms with Crippen molar-refractivity contribution >= 4 is 22.6 Å². The summed E-state index contributed by atoms with van der Waals surface area (Å²) in [5.41, 5.74) is 5.35. The van der Waals surface area contributed by atoms with Crippen molar-refractivity contribution in [2.24, 2.45) is 0 Å². The summed E-state index contributed by atoms with van der Waals surface area (Å²) >= 11 is 1.23. The number of hydrogen-bond acceptors (Lipinski definition) is 8. The lowest BCUT2D eigenvalue weighted by Gasteiger charge is -1.96. The van der Waals surface area contributed by atoms with Crippen LogP contribution >= 0.6 is 11.5 Å². The van der Waals surface area contributed by atoms with Gasteiger partial charge in [-0.3, -0.25) is 0 Å². The van der Waals surface area contributed by atoms with Crippen LogP contribution in [0.5, 0.6) is 0 Å². The highest BCUT2D eigenvalue weighted by atomic mass is 32.1. The monoisotopic (exact) mass is 212 g/mol. The Morgan fingerprint density at radius 3 is 3.14 bits per heavy atom. The minimum Gasteiger partial charge on any atom is -0.367 e. The Kier molecular flexibility index (Phi) is 2.54. The third kappa shape index (κ3) is 2.16. The maximum atomic E-state index is 5.35. The first-order valence-corrected chi connectivity index (χ1v) is 4.70. The van der Waals surface area contributed by atoms with Crippen molar-refractivity contribution in [3.63, 3.8) is 0 Å². The third-order valence-electron chi connectivity index (χ3n) is 1.47. The molecule has 0 amide bonds. The second-order valence-electron chi connectivity index (χ2n) is 2.48. The van der Waals surface area contributed by atoms with Gasteiger partial charge >= 0.3 is 0 Å². The lowest BCUT2D eigenvalue weighted by Crippen LogP contribution is -2.05. The summed E-state index contributed by atoms with van der Waals surface area (Å²) in [4.78, 5) is 7.82. The van der Waals surface area contributed by atoms with Crippen LogP contribution in [0.2, 0.25) is 0 Å². The summed E-state index contributed by atoms with van der Waals surface area (Å²) in [5.74, 6) is 0.951. The van der Waals surface area contributed by atoms with E-state index in [4.69, 9.17) is 5.73 Å². The van der Waals surface area contributed by atoms with Gasteiger partial charge in [0.25, 0.3) is 0 Å². The highest BCUT2D eigenvalue weighted by Crippen LogP contribution is 2.11. The number of aromatic nitrogens is 4. The smallest absolute Gasteiger partial charge is 0.233 e. The number of nitrogens with two attached hydrogens (primary N) is 1. The second kappa shape index (κ2) is 4.01. The zero-order valence-electron chi connectivity index (χ0n) is 7.17. The highest BCUT2D eigenvalue weighted by Gasteiger charge is 2.01. The van der Waals surface area contributed by atoms with Crippen molar-refractivity contribution < 1.29 is 4.52 Å². The van der Waals surface area contributed by atoms with Gasteiger partial charge in [-0.2, -0.15) is 14.3 Å². The number of hydrogen-bond donors (Lipinski definition) is 2. The molecule has 2 heterocycles. The average molecular weight is 212 g/mol. The summed E-state index contributed by atoms with van der Waals surface area (Å²) in [6.45, 7) is 0.675. The predicted molar refractivity (Wildman–Crippen MR) is 50.8 cm³/mol. The Morgan fingerprint density at radius 2 is 2.50 bits per heavy atom. The molecule has 0 fully saturated rings. The molecule has 0 aliphatic rings. The van der Waals surface area contributed by atoms with E-state index in [9.17, 15) is 0 Å². The van der Waals surface area contributed by atoms with Gasteiger partial charge in [-0.15, -0.1) is 0 Å². The molecule has 74 valence electrons. The molecule has 0 bridgehead atoms. The normalized spacial score (nSPS) is 10.3. The fourth-order valence-electron chi connectivity index (χ4n) is 0.890. The van der Waals surface area contributed by atoms with E-state index in [0.717, 1.165) is 0 Å². The Hall–Kier alpha value is -1.70. The van der Waals surface area contributed by atoms with E-state index in [1.807, 2.05) is 0 Å². The van der Waals surface area contributed by atoms with Gasteiger partial charge in [0.1, 0.15) is 0 Å². The minimum absolute atomic E-state index is 0.289. The van der Waals surface area contributed by atoms with Crippen LogP contribution in [0.3, 0.4) is 0 Å². The number of nitrogens with zero attached hydrogens (tertiary/aromatic N) is 4. The maximum Gasteiger partial charge on any atom is 0.233 e.